The second-order valence-corrected chi connectivity index (χ2v) is 4.85. The Hall–Kier alpha value is -2.87. The second-order valence-electron chi connectivity index (χ2n) is 4.85. The molecule has 0 aliphatic carbocycles. The minimum absolute atomic E-state index is 0.0803. The molecule has 5 heteroatoms. The highest BCUT2D eigenvalue weighted by Gasteiger charge is 2.26. The van der Waals surface area contributed by atoms with Crippen LogP contribution < -0.4 is 10.6 Å². The molecule has 0 spiro atoms. The molecule has 1 aliphatic heterocycles. The first-order chi connectivity index (χ1) is 10.2. The summed E-state index contributed by atoms with van der Waals surface area (Å²) in [5.41, 5.74) is 2.30. The van der Waals surface area contributed by atoms with Gasteiger partial charge in [0, 0.05) is 12.1 Å². The molecule has 0 saturated carbocycles. The Kier molecular flexibility index (Phi) is 3.28. The van der Waals surface area contributed by atoms with E-state index in [0.29, 0.717) is 6.42 Å². The number of amides is 1. The maximum absolute atomic E-state index is 13.8. The van der Waals surface area contributed by atoms with E-state index in [1.54, 1.807) is 0 Å². The van der Waals surface area contributed by atoms with Gasteiger partial charge in [0.15, 0.2) is 0 Å². The largest absolute Gasteiger partial charge is 0.373 e. The predicted molar refractivity (Wildman–Crippen MR) is 77.3 cm³/mol. The van der Waals surface area contributed by atoms with Gasteiger partial charge in [-0.1, -0.05) is 18.2 Å². The fourth-order valence-electron chi connectivity index (χ4n) is 2.36. The summed E-state index contributed by atoms with van der Waals surface area (Å²) in [5, 5.41) is 14.4. The van der Waals surface area contributed by atoms with Crippen LogP contribution in [0, 0.1) is 17.1 Å². The van der Waals surface area contributed by atoms with Gasteiger partial charge in [0.1, 0.15) is 11.9 Å². The number of rotatable bonds is 2. The number of fused-ring (bicyclic) bond motifs is 1. The first-order valence-corrected chi connectivity index (χ1v) is 6.52. The summed E-state index contributed by atoms with van der Waals surface area (Å²) in [6, 6.07) is 13.1. The zero-order valence-corrected chi connectivity index (χ0v) is 11.1. The standard InChI is InChI=1S/C16H12FN3O/c17-12-7-10(9-18)5-6-14(12)20-16(21)15-8-11-3-1-2-4-13(11)19-15/h1-7,15,19H,8H2,(H,20,21). The lowest BCUT2D eigenvalue weighted by atomic mass is 10.1. The molecule has 0 fully saturated rings. The summed E-state index contributed by atoms with van der Waals surface area (Å²) >= 11 is 0. The number of nitriles is 1. The van der Waals surface area contributed by atoms with Gasteiger partial charge in [-0.25, -0.2) is 4.39 Å². The molecule has 0 bridgehead atoms. The van der Waals surface area contributed by atoms with E-state index in [2.05, 4.69) is 10.6 Å². The number of carbonyl (C=O) groups is 1. The van der Waals surface area contributed by atoms with Crippen molar-refractivity contribution >= 4 is 17.3 Å². The summed E-state index contributed by atoms with van der Waals surface area (Å²) in [6.07, 6.45) is 0.569. The normalized spacial score (nSPS) is 15.7. The van der Waals surface area contributed by atoms with Crippen molar-refractivity contribution in [3.63, 3.8) is 0 Å². The van der Waals surface area contributed by atoms with Crippen molar-refractivity contribution in [2.24, 2.45) is 0 Å². The Morgan fingerprint density at radius 1 is 1.33 bits per heavy atom. The molecule has 1 aliphatic rings. The SMILES string of the molecule is N#Cc1ccc(NC(=O)C2Cc3ccccc3N2)c(F)c1. The van der Waals surface area contributed by atoms with E-state index in [1.165, 1.54) is 12.1 Å². The number of halogens is 1. The zero-order chi connectivity index (χ0) is 14.8. The lowest BCUT2D eigenvalue weighted by Crippen LogP contribution is -2.33. The molecule has 4 nitrogen and oxygen atoms in total. The Bertz CT molecular complexity index is 726. The molecule has 2 aromatic rings. The van der Waals surface area contributed by atoms with E-state index >= 15 is 0 Å². The van der Waals surface area contributed by atoms with Crippen LogP contribution in [0.3, 0.4) is 0 Å². The number of hydrogen-bond acceptors (Lipinski definition) is 3. The Morgan fingerprint density at radius 2 is 2.14 bits per heavy atom. The smallest absolute Gasteiger partial charge is 0.247 e. The number of carbonyl (C=O) groups excluding carboxylic acids is 1. The number of anilines is 2. The summed E-state index contributed by atoms with van der Waals surface area (Å²) in [6.45, 7) is 0. The summed E-state index contributed by atoms with van der Waals surface area (Å²) in [7, 11) is 0. The lowest BCUT2D eigenvalue weighted by Gasteiger charge is -2.12. The third-order valence-electron chi connectivity index (χ3n) is 3.44. The molecule has 21 heavy (non-hydrogen) atoms. The molecule has 0 saturated heterocycles. The summed E-state index contributed by atoms with van der Waals surface area (Å²) in [5.74, 6) is -0.910. The van der Waals surface area contributed by atoms with E-state index in [9.17, 15) is 9.18 Å². The van der Waals surface area contributed by atoms with E-state index in [1.807, 2.05) is 30.3 Å². The fourth-order valence-corrected chi connectivity index (χ4v) is 2.36. The molecular formula is C16H12FN3O. The third kappa shape index (κ3) is 2.56. The van der Waals surface area contributed by atoms with Crippen LogP contribution >= 0.6 is 0 Å². The molecule has 1 heterocycles. The van der Waals surface area contributed by atoms with Crippen LogP contribution in [0.15, 0.2) is 42.5 Å². The highest BCUT2D eigenvalue weighted by molar-refractivity contribution is 5.98. The Morgan fingerprint density at radius 3 is 2.86 bits per heavy atom. The first-order valence-electron chi connectivity index (χ1n) is 6.52. The third-order valence-corrected chi connectivity index (χ3v) is 3.44. The molecular weight excluding hydrogens is 269 g/mol. The highest BCUT2D eigenvalue weighted by Crippen LogP contribution is 2.26. The van der Waals surface area contributed by atoms with Gasteiger partial charge in [-0.15, -0.1) is 0 Å². The van der Waals surface area contributed by atoms with Crippen LogP contribution in [0.4, 0.5) is 15.8 Å². The van der Waals surface area contributed by atoms with Crippen molar-refractivity contribution in [2.75, 3.05) is 10.6 Å². The Labute approximate surface area is 121 Å². The van der Waals surface area contributed by atoms with Gasteiger partial charge in [0.05, 0.1) is 17.3 Å². The highest BCUT2D eigenvalue weighted by atomic mass is 19.1. The van der Waals surface area contributed by atoms with E-state index in [4.69, 9.17) is 5.26 Å². The molecule has 0 aromatic heterocycles. The monoisotopic (exact) mass is 281 g/mol. The minimum Gasteiger partial charge on any atom is -0.373 e. The molecule has 0 radical (unpaired) electrons. The van der Waals surface area contributed by atoms with Gasteiger partial charge < -0.3 is 10.6 Å². The van der Waals surface area contributed by atoms with Crippen LogP contribution in [-0.2, 0) is 11.2 Å². The van der Waals surface area contributed by atoms with Crippen LogP contribution in [0.2, 0.25) is 0 Å². The molecule has 2 aromatic carbocycles. The average Bonchev–Trinajstić information content (AvgIpc) is 2.93. The maximum Gasteiger partial charge on any atom is 0.247 e. The van der Waals surface area contributed by atoms with Crippen molar-refractivity contribution in [3.8, 4) is 6.07 Å². The Balaban J connectivity index is 1.73. The van der Waals surface area contributed by atoms with Gasteiger partial charge in [0.25, 0.3) is 0 Å². The number of para-hydroxylation sites is 1. The van der Waals surface area contributed by atoms with Crippen molar-refractivity contribution < 1.29 is 9.18 Å². The fraction of sp³-hybridized carbons (Fsp3) is 0.125. The number of hydrogen-bond donors (Lipinski definition) is 2. The quantitative estimate of drug-likeness (QED) is 0.889. The van der Waals surface area contributed by atoms with Crippen molar-refractivity contribution in [1.29, 1.82) is 5.26 Å². The number of nitrogens with zero attached hydrogens (tertiary/aromatic N) is 1. The predicted octanol–water partition coefficient (Wildman–Crippen LogP) is 2.67. The van der Waals surface area contributed by atoms with Crippen LogP contribution in [0.5, 0.6) is 0 Å². The average molecular weight is 281 g/mol. The number of benzene rings is 2. The van der Waals surface area contributed by atoms with Gasteiger partial charge in [0.2, 0.25) is 5.91 Å². The van der Waals surface area contributed by atoms with Gasteiger partial charge in [-0.3, -0.25) is 4.79 Å². The van der Waals surface area contributed by atoms with Crippen molar-refractivity contribution in [3.05, 3.63) is 59.4 Å². The van der Waals surface area contributed by atoms with E-state index in [-0.39, 0.29) is 17.2 Å². The molecule has 2 N–H and O–H groups in total. The van der Waals surface area contributed by atoms with Crippen molar-refractivity contribution in [1.82, 2.24) is 0 Å². The topological polar surface area (TPSA) is 64.9 Å². The summed E-state index contributed by atoms with van der Waals surface area (Å²) < 4.78 is 13.8. The molecule has 3 rings (SSSR count). The summed E-state index contributed by atoms with van der Waals surface area (Å²) in [4.78, 5) is 12.2. The first kappa shape index (κ1) is 13.1. The number of nitrogens with one attached hydrogen (secondary N) is 2. The minimum atomic E-state index is -0.613. The lowest BCUT2D eigenvalue weighted by molar-refractivity contribution is -0.116. The van der Waals surface area contributed by atoms with Gasteiger partial charge in [-0.2, -0.15) is 5.26 Å². The van der Waals surface area contributed by atoms with Crippen LogP contribution in [-0.4, -0.2) is 11.9 Å². The van der Waals surface area contributed by atoms with Gasteiger partial charge in [-0.05, 0) is 29.8 Å². The zero-order valence-electron chi connectivity index (χ0n) is 11.1. The van der Waals surface area contributed by atoms with Crippen LogP contribution in [0.1, 0.15) is 11.1 Å². The maximum atomic E-state index is 13.8. The molecule has 104 valence electrons. The van der Waals surface area contributed by atoms with E-state index < -0.39 is 11.9 Å². The van der Waals surface area contributed by atoms with Crippen LogP contribution in [0.25, 0.3) is 0 Å². The van der Waals surface area contributed by atoms with Crippen molar-refractivity contribution in [2.45, 2.75) is 12.5 Å². The second kappa shape index (κ2) is 5.25. The molecule has 1 atom stereocenters. The van der Waals surface area contributed by atoms with Gasteiger partial charge >= 0.3 is 0 Å². The van der Waals surface area contributed by atoms with E-state index in [0.717, 1.165) is 17.3 Å². The molecule has 1 unspecified atom stereocenters. The molecule has 1 amide bonds.